The molecule has 1 unspecified atom stereocenters. The molecule has 5 heteroatoms. The van der Waals surface area contributed by atoms with Crippen LogP contribution in [0.4, 0.5) is 4.79 Å². The molecule has 2 aromatic rings. The number of rotatable bonds is 6. The molecule has 0 radical (unpaired) electrons. The summed E-state index contributed by atoms with van der Waals surface area (Å²) in [6.45, 7) is 4.83. The first-order chi connectivity index (χ1) is 12.9. The zero-order valence-electron chi connectivity index (χ0n) is 16.4. The van der Waals surface area contributed by atoms with Crippen LogP contribution in [0.25, 0.3) is 0 Å². The summed E-state index contributed by atoms with van der Waals surface area (Å²) in [5.74, 6) is 0. The summed E-state index contributed by atoms with van der Waals surface area (Å²) in [7, 11) is 1.80. The van der Waals surface area contributed by atoms with Crippen molar-refractivity contribution in [3.05, 3.63) is 65.0 Å². The van der Waals surface area contributed by atoms with Gasteiger partial charge >= 0.3 is 6.03 Å². The first kappa shape index (κ1) is 19.4. The molecule has 2 N–H and O–H groups in total. The zero-order valence-corrected chi connectivity index (χ0v) is 16.4. The third kappa shape index (κ3) is 4.30. The van der Waals surface area contributed by atoms with Gasteiger partial charge in [0.15, 0.2) is 0 Å². The Kier molecular flexibility index (Phi) is 5.80. The molecular formula is C22H29N3O2. The lowest BCUT2D eigenvalue weighted by Gasteiger charge is -2.43. The standard InChI is InChI=1S/C22H29N3O2/c1-16-7-8-19(17(2)12-16)20(18-6-4-11-23-13-18)24-21(27)25(3)14-22(15-26)9-5-10-22/h4,6-8,11-13,20,26H,5,9-10,14-15H2,1-3H3,(H,24,27). The number of pyridine rings is 1. The van der Waals surface area contributed by atoms with Crippen molar-refractivity contribution in [2.45, 2.75) is 39.2 Å². The molecule has 0 spiro atoms. The Balaban J connectivity index is 1.82. The van der Waals surface area contributed by atoms with Crippen molar-refractivity contribution in [3.63, 3.8) is 0 Å². The van der Waals surface area contributed by atoms with E-state index < -0.39 is 0 Å². The molecule has 5 nitrogen and oxygen atoms in total. The summed E-state index contributed by atoms with van der Waals surface area (Å²) < 4.78 is 0. The van der Waals surface area contributed by atoms with Crippen molar-refractivity contribution in [1.29, 1.82) is 0 Å². The minimum absolute atomic E-state index is 0.129. The molecule has 3 rings (SSSR count). The quantitative estimate of drug-likeness (QED) is 0.820. The highest BCUT2D eigenvalue weighted by Gasteiger charge is 2.38. The average molecular weight is 367 g/mol. The number of carbonyl (C=O) groups excluding carboxylic acids is 1. The number of aliphatic hydroxyl groups excluding tert-OH is 1. The highest BCUT2D eigenvalue weighted by atomic mass is 16.3. The van der Waals surface area contributed by atoms with Gasteiger partial charge in [0.25, 0.3) is 0 Å². The van der Waals surface area contributed by atoms with Crippen LogP contribution in [0.15, 0.2) is 42.7 Å². The van der Waals surface area contributed by atoms with E-state index >= 15 is 0 Å². The fourth-order valence-corrected chi connectivity index (χ4v) is 3.89. The molecule has 1 aliphatic rings. The lowest BCUT2D eigenvalue weighted by Crippen LogP contribution is -2.49. The molecule has 1 fully saturated rings. The Morgan fingerprint density at radius 3 is 2.67 bits per heavy atom. The van der Waals surface area contributed by atoms with E-state index in [1.165, 1.54) is 5.56 Å². The normalized spacial score (nSPS) is 16.3. The number of aromatic nitrogens is 1. The minimum Gasteiger partial charge on any atom is -0.396 e. The van der Waals surface area contributed by atoms with Crippen molar-refractivity contribution in [2.24, 2.45) is 5.41 Å². The zero-order chi connectivity index (χ0) is 19.4. The number of hydrogen-bond acceptors (Lipinski definition) is 3. The Morgan fingerprint density at radius 2 is 2.11 bits per heavy atom. The molecule has 0 aliphatic heterocycles. The average Bonchev–Trinajstić information content (AvgIpc) is 2.63. The van der Waals surface area contributed by atoms with E-state index in [0.717, 1.165) is 36.0 Å². The molecule has 144 valence electrons. The topological polar surface area (TPSA) is 65.5 Å². The third-order valence-corrected chi connectivity index (χ3v) is 5.69. The maximum atomic E-state index is 12.9. The number of nitrogens with zero attached hydrogens (tertiary/aromatic N) is 2. The maximum absolute atomic E-state index is 12.9. The van der Waals surface area contributed by atoms with Crippen LogP contribution >= 0.6 is 0 Å². The van der Waals surface area contributed by atoms with Gasteiger partial charge < -0.3 is 15.3 Å². The van der Waals surface area contributed by atoms with E-state index in [1.807, 2.05) is 12.1 Å². The number of aryl methyl sites for hydroxylation is 2. The molecule has 1 saturated carbocycles. The Hall–Kier alpha value is -2.40. The van der Waals surface area contributed by atoms with E-state index in [-0.39, 0.29) is 24.1 Å². The summed E-state index contributed by atoms with van der Waals surface area (Å²) >= 11 is 0. The number of carbonyl (C=O) groups is 1. The number of urea groups is 1. The van der Waals surface area contributed by atoms with Crippen molar-refractivity contribution >= 4 is 6.03 Å². The second-order valence-corrected chi connectivity index (χ2v) is 7.90. The molecule has 1 atom stereocenters. The Bertz CT molecular complexity index is 782. The highest BCUT2D eigenvalue weighted by Crippen LogP contribution is 2.40. The van der Waals surface area contributed by atoms with Gasteiger partial charge in [-0.05, 0) is 49.4 Å². The van der Waals surface area contributed by atoms with Gasteiger partial charge in [0.1, 0.15) is 0 Å². The molecule has 0 bridgehead atoms. The summed E-state index contributed by atoms with van der Waals surface area (Å²) in [5.41, 5.74) is 4.22. The van der Waals surface area contributed by atoms with Crippen LogP contribution in [-0.4, -0.2) is 41.2 Å². The second-order valence-electron chi connectivity index (χ2n) is 7.90. The summed E-state index contributed by atoms with van der Waals surface area (Å²) in [4.78, 5) is 18.8. The van der Waals surface area contributed by atoms with Crippen LogP contribution < -0.4 is 5.32 Å². The smallest absolute Gasteiger partial charge is 0.317 e. The Labute approximate surface area is 161 Å². The molecule has 1 aromatic carbocycles. The largest absolute Gasteiger partial charge is 0.396 e. The van der Waals surface area contributed by atoms with Gasteiger partial charge in [-0.2, -0.15) is 0 Å². The third-order valence-electron chi connectivity index (χ3n) is 5.69. The van der Waals surface area contributed by atoms with Crippen molar-refractivity contribution in [3.8, 4) is 0 Å². The Morgan fingerprint density at radius 1 is 1.33 bits per heavy atom. The van der Waals surface area contributed by atoms with Crippen molar-refractivity contribution in [2.75, 3.05) is 20.2 Å². The molecular weight excluding hydrogens is 338 g/mol. The lowest BCUT2D eigenvalue weighted by atomic mass is 9.69. The van der Waals surface area contributed by atoms with Gasteiger partial charge in [-0.3, -0.25) is 4.98 Å². The molecule has 1 aliphatic carbocycles. The first-order valence-corrected chi connectivity index (χ1v) is 9.54. The van der Waals surface area contributed by atoms with E-state index in [4.69, 9.17) is 0 Å². The SMILES string of the molecule is Cc1ccc(C(NC(=O)N(C)CC2(CO)CCC2)c2cccnc2)c(C)c1. The monoisotopic (exact) mass is 367 g/mol. The second kappa shape index (κ2) is 8.09. The summed E-state index contributed by atoms with van der Waals surface area (Å²) in [6.07, 6.45) is 6.61. The summed E-state index contributed by atoms with van der Waals surface area (Å²) in [6, 6.07) is 9.74. The van der Waals surface area contributed by atoms with Gasteiger partial charge in [-0.1, -0.05) is 36.2 Å². The van der Waals surface area contributed by atoms with Crippen LogP contribution in [0.2, 0.25) is 0 Å². The van der Waals surface area contributed by atoms with Crippen LogP contribution in [-0.2, 0) is 0 Å². The van der Waals surface area contributed by atoms with E-state index in [2.05, 4.69) is 42.3 Å². The van der Waals surface area contributed by atoms with Gasteiger partial charge in [0.2, 0.25) is 0 Å². The predicted molar refractivity (Wildman–Crippen MR) is 107 cm³/mol. The van der Waals surface area contributed by atoms with Gasteiger partial charge in [-0.25, -0.2) is 4.79 Å². The maximum Gasteiger partial charge on any atom is 0.317 e. The van der Waals surface area contributed by atoms with Gasteiger partial charge in [0.05, 0.1) is 12.6 Å². The molecule has 27 heavy (non-hydrogen) atoms. The number of amides is 2. The molecule has 1 heterocycles. The van der Waals surface area contributed by atoms with Crippen LogP contribution in [0.5, 0.6) is 0 Å². The van der Waals surface area contributed by atoms with Crippen LogP contribution in [0.1, 0.15) is 47.6 Å². The predicted octanol–water partition coefficient (Wildman–Crippen LogP) is 3.59. The van der Waals surface area contributed by atoms with E-state index in [9.17, 15) is 9.90 Å². The minimum atomic E-state index is -0.263. The molecule has 1 aromatic heterocycles. The molecule has 2 amide bonds. The number of hydrogen-bond donors (Lipinski definition) is 2. The fraction of sp³-hybridized carbons (Fsp3) is 0.455. The van der Waals surface area contributed by atoms with Gasteiger partial charge in [0, 0.05) is 31.4 Å². The lowest BCUT2D eigenvalue weighted by molar-refractivity contribution is 0.0228. The van der Waals surface area contributed by atoms with Crippen LogP contribution in [0, 0.1) is 19.3 Å². The van der Waals surface area contributed by atoms with E-state index in [1.54, 1.807) is 24.3 Å². The van der Waals surface area contributed by atoms with Crippen molar-refractivity contribution < 1.29 is 9.90 Å². The summed E-state index contributed by atoms with van der Waals surface area (Å²) in [5, 5.41) is 12.9. The number of aliphatic hydroxyl groups is 1. The first-order valence-electron chi connectivity index (χ1n) is 9.54. The van der Waals surface area contributed by atoms with E-state index in [0.29, 0.717) is 6.54 Å². The number of benzene rings is 1. The fourth-order valence-electron chi connectivity index (χ4n) is 3.89. The number of nitrogens with one attached hydrogen (secondary N) is 1. The highest BCUT2D eigenvalue weighted by molar-refractivity contribution is 5.75. The molecule has 0 saturated heterocycles. The van der Waals surface area contributed by atoms with Crippen LogP contribution in [0.3, 0.4) is 0 Å². The van der Waals surface area contributed by atoms with Crippen molar-refractivity contribution in [1.82, 2.24) is 15.2 Å². The van der Waals surface area contributed by atoms with Gasteiger partial charge in [-0.15, -0.1) is 0 Å².